The van der Waals surface area contributed by atoms with E-state index in [1.54, 1.807) is 18.3 Å². The Morgan fingerprint density at radius 1 is 1.35 bits per heavy atom. The summed E-state index contributed by atoms with van der Waals surface area (Å²) in [6.07, 6.45) is 2.67. The third-order valence-electron chi connectivity index (χ3n) is 2.76. The predicted molar refractivity (Wildman–Crippen MR) is 87.6 cm³/mol. The van der Waals surface area contributed by atoms with Gasteiger partial charge in [0.15, 0.2) is 0 Å². The van der Waals surface area contributed by atoms with Gasteiger partial charge in [0.25, 0.3) is 0 Å². The minimum absolute atomic E-state index is 0.477. The lowest BCUT2D eigenvalue weighted by Gasteiger charge is -2.22. The molecule has 1 aromatic heterocycles. The van der Waals surface area contributed by atoms with Crippen LogP contribution in [0.4, 0.5) is 17.5 Å². The molecule has 2 rings (SSSR count). The van der Waals surface area contributed by atoms with Gasteiger partial charge >= 0.3 is 0 Å². The Hall–Kier alpha value is -1.88. The smallest absolute Gasteiger partial charge is 0.231 e. The average molecular weight is 379 g/mol. The molecule has 2 aromatic rings. The lowest BCUT2D eigenvalue weighted by Crippen LogP contribution is -2.21. The van der Waals surface area contributed by atoms with Gasteiger partial charge in [-0.1, -0.05) is 6.92 Å². The molecule has 6 heteroatoms. The van der Waals surface area contributed by atoms with E-state index in [1.807, 2.05) is 17.0 Å². The summed E-state index contributed by atoms with van der Waals surface area (Å²) in [5, 5.41) is 8.85. The Bertz CT molecular complexity index is 633. The van der Waals surface area contributed by atoms with Gasteiger partial charge in [0.05, 0.1) is 15.2 Å². The fourth-order valence-corrected chi connectivity index (χ4v) is 2.04. The number of halogens is 1. The molecule has 102 valence electrons. The lowest BCUT2D eigenvalue weighted by molar-refractivity contribution is 0.852. The third kappa shape index (κ3) is 3.17. The number of nitrogens with zero attached hydrogens (tertiary/aromatic N) is 4. The van der Waals surface area contributed by atoms with Crippen LogP contribution < -0.4 is 10.6 Å². The first-order valence-corrected chi connectivity index (χ1v) is 7.29. The van der Waals surface area contributed by atoms with Crippen LogP contribution >= 0.6 is 22.6 Å². The molecule has 0 saturated carbocycles. The molecule has 0 amide bonds. The molecule has 0 unspecified atom stereocenters. The number of hydrogen-bond acceptors (Lipinski definition) is 5. The zero-order valence-corrected chi connectivity index (χ0v) is 13.2. The van der Waals surface area contributed by atoms with E-state index >= 15 is 0 Å². The van der Waals surface area contributed by atoms with Crippen molar-refractivity contribution in [1.29, 1.82) is 5.26 Å². The quantitative estimate of drug-likeness (QED) is 0.826. The second-order valence-corrected chi connectivity index (χ2v) is 5.38. The largest absolute Gasteiger partial charge is 0.383 e. The zero-order valence-electron chi connectivity index (χ0n) is 11.0. The van der Waals surface area contributed by atoms with Crippen LogP contribution in [0.25, 0.3) is 0 Å². The highest BCUT2D eigenvalue weighted by atomic mass is 127. The van der Waals surface area contributed by atoms with Crippen molar-refractivity contribution < 1.29 is 0 Å². The maximum absolute atomic E-state index is 8.85. The van der Waals surface area contributed by atoms with E-state index in [-0.39, 0.29) is 0 Å². The first-order chi connectivity index (χ1) is 9.65. The average Bonchev–Trinajstić information content (AvgIpc) is 2.48. The Balaban J connectivity index is 2.39. The molecule has 1 aromatic carbocycles. The van der Waals surface area contributed by atoms with Gasteiger partial charge < -0.3 is 10.6 Å². The molecule has 1 heterocycles. The Labute approximate surface area is 131 Å². The van der Waals surface area contributed by atoms with E-state index in [2.05, 4.69) is 45.6 Å². The molecule has 0 aliphatic rings. The van der Waals surface area contributed by atoms with Gasteiger partial charge in [-0.2, -0.15) is 10.2 Å². The second kappa shape index (κ2) is 6.52. The molecule has 20 heavy (non-hydrogen) atoms. The van der Waals surface area contributed by atoms with Gasteiger partial charge in [-0.05, 0) is 53.3 Å². The number of hydrogen-bond donors (Lipinski definition) is 1. The van der Waals surface area contributed by atoms with Crippen LogP contribution in [-0.4, -0.2) is 16.5 Å². The van der Waals surface area contributed by atoms with Crippen molar-refractivity contribution in [1.82, 2.24) is 9.97 Å². The summed E-state index contributed by atoms with van der Waals surface area (Å²) in [6.45, 7) is 2.87. The van der Waals surface area contributed by atoms with E-state index in [1.165, 1.54) is 0 Å². The topological polar surface area (TPSA) is 78.8 Å². The summed E-state index contributed by atoms with van der Waals surface area (Å²) in [7, 11) is 0. The minimum atomic E-state index is 0.477. The van der Waals surface area contributed by atoms with Gasteiger partial charge in [0.2, 0.25) is 5.95 Å². The number of nitriles is 1. The van der Waals surface area contributed by atoms with Crippen LogP contribution in [0.5, 0.6) is 0 Å². The van der Waals surface area contributed by atoms with Crippen LogP contribution in [-0.2, 0) is 0 Å². The van der Waals surface area contributed by atoms with Crippen LogP contribution in [0.3, 0.4) is 0 Å². The van der Waals surface area contributed by atoms with E-state index < -0.39 is 0 Å². The predicted octanol–water partition coefficient (Wildman–Crippen LogP) is 3.08. The lowest BCUT2D eigenvalue weighted by atomic mass is 10.2. The monoisotopic (exact) mass is 379 g/mol. The van der Waals surface area contributed by atoms with Crippen molar-refractivity contribution in [2.24, 2.45) is 0 Å². The normalized spacial score (nSPS) is 10.1. The van der Waals surface area contributed by atoms with Crippen molar-refractivity contribution in [3.05, 3.63) is 39.6 Å². The van der Waals surface area contributed by atoms with Crippen molar-refractivity contribution in [2.45, 2.75) is 13.3 Å². The highest BCUT2D eigenvalue weighted by Gasteiger charge is 2.12. The summed E-state index contributed by atoms with van der Waals surface area (Å²) >= 11 is 2.11. The molecule has 0 spiro atoms. The zero-order chi connectivity index (χ0) is 14.5. The molecule has 0 radical (unpaired) electrons. The molecule has 0 aliphatic carbocycles. The van der Waals surface area contributed by atoms with Gasteiger partial charge in [-0.3, -0.25) is 0 Å². The van der Waals surface area contributed by atoms with Crippen LogP contribution in [0.15, 0.2) is 30.5 Å². The third-order valence-corrected chi connectivity index (χ3v) is 3.59. The van der Waals surface area contributed by atoms with Gasteiger partial charge in [-0.15, -0.1) is 0 Å². The molecule has 2 N–H and O–H groups in total. The van der Waals surface area contributed by atoms with E-state index in [9.17, 15) is 0 Å². The fourth-order valence-electron chi connectivity index (χ4n) is 1.78. The highest BCUT2D eigenvalue weighted by Crippen LogP contribution is 2.24. The molecule has 0 aliphatic heterocycles. The van der Waals surface area contributed by atoms with Crippen molar-refractivity contribution >= 4 is 40.0 Å². The minimum Gasteiger partial charge on any atom is -0.383 e. The second-order valence-electron chi connectivity index (χ2n) is 4.21. The van der Waals surface area contributed by atoms with Crippen LogP contribution in [0, 0.1) is 14.9 Å². The van der Waals surface area contributed by atoms with Crippen LogP contribution in [0.2, 0.25) is 0 Å². The maximum Gasteiger partial charge on any atom is 0.231 e. The molecule has 0 atom stereocenters. The SMILES string of the molecule is CCCN(c1ccc(C#N)cc1)c1ncc(I)c(N)n1. The Morgan fingerprint density at radius 3 is 2.60 bits per heavy atom. The number of benzene rings is 1. The molecular formula is C14H14IN5. The fraction of sp³-hybridized carbons (Fsp3) is 0.214. The molecular weight excluding hydrogens is 365 g/mol. The summed E-state index contributed by atoms with van der Waals surface area (Å²) in [5.74, 6) is 1.06. The molecule has 0 bridgehead atoms. The first kappa shape index (κ1) is 14.5. The summed E-state index contributed by atoms with van der Waals surface area (Å²) in [6, 6.07) is 9.47. The van der Waals surface area contributed by atoms with Gasteiger partial charge in [0, 0.05) is 18.4 Å². The number of rotatable bonds is 4. The summed E-state index contributed by atoms with van der Waals surface area (Å²) in [5.41, 5.74) is 7.43. The van der Waals surface area contributed by atoms with Crippen molar-refractivity contribution in [2.75, 3.05) is 17.2 Å². The maximum atomic E-state index is 8.85. The molecule has 0 fully saturated rings. The summed E-state index contributed by atoms with van der Waals surface area (Å²) in [4.78, 5) is 10.7. The van der Waals surface area contributed by atoms with E-state index in [4.69, 9.17) is 11.0 Å². The highest BCUT2D eigenvalue weighted by molar-refractivity contribution is 14.1. The summed E-state index contributed by atoms with van der Waals surface area (Å²) < 4.78 is 0.836. The van der Waals surface area contributed by atoms with Gasteiger partial charge in [-0.25, -0.2) is 4.98 Å². The van der Waals surface area contributed by atoms with Crippen molar-refractivity contribution in [3.63, 3.8) is 0 Å². The Kier molecular flexibility index (Phi) is 4.74. The number of aromatic nitrogens is 2. The number of anilines is 3. The van der Waals surface area contributed by atoms with Crippen LogP contribution in [0.1, 0.15) is 18.9 Å². The Morgan fingerprint density at radius 2 is 2.05 bits per heavy atom. The molecule has 5 nitrogen and oxygen atoms in total. The van der Waals surface area contributed by atoms with E-state index in [0.29, 0.717) is 17.3 Å². The first-order valence-electron chi connectivity index (χ1n) is 6.21. The van der Waals surface area contributed by atoms with E-state index in [0.717, 1.165) is 22.2 Å². The standard InChI is InChI=1S/C14H14IN5/c1-2-7-20(11-5-3-10(8-16)4-6-11)14-18-9-12(15)13(17)19-14/h3-6,9H,2,7H2,1H3,(H2,17,18,19). The number of nitrogen functional groups attached to an aromatic ring is 1. The number of nitrogens with two attached hydrogens (primary N) is 1. The molecule has 0 saturated heterocycles. The van der Waals surface area contributed by atoms with Crippen molar-refractivity contribution in [3.8, 4) is 6.07 Å². The van der Waals surface area contributed by atoms with Gasteiger partial charge in [0.1, 0.15) is 5.82 Å².